The molecule has 0 aromatic heterocycles. The van der Waals surface area contributed by atoms with Crippen LogP contribution >= 0.6 is 0 Å². The number of fused-ring (bicyclic) bond motifs is 5. The third-order valence-electron chi connectivity index (χ3n) is 8.92. The van der Waals surface area contributed by atoms with Crippen molar-refractivity contribution in [1.29, 1.82) is 0 Å². The van der Waals surface area contributed by atoms with Gasteiger partial charge in [-0.2, -0.15) is 0 Å². The SMILES string of the molecule is C[C@@]12CCC[C@H]1[C@@H]1CC[C@@H]3C[C@@H](O[Si](C)(C)C)CC[C@]3(C)[C@H]1CC2. The summed E-state index contributed by atoms with van der Waals surface area (Å²) >= 11 is 0. The van der Waals surface area contributed by atoms with Gasteiger partial charge in [-0.3, -0.25) is 0 Å². The van der Waals surface area contributed by atoms with Crippen LogP contribution in [0.4, 0.5) is 0 Å². The molecule has 0 radical (unpaired) electrons. The highest BCUT2D eigenvalue weighted by Gasteiger charge is 2.57. The molecule has 0 heterocycles. The number of hydrogen-bond acceptors (Lipinski definition) is 1. The van der Waals surface area contributed by atoms with Crippen LogP contribution in [0.5, 0.6) is 0 Å². The minimum Gasteiger partial charge on any atom is -0.415 e. The molecule has 2 heteroatoms. The van der Waals surface area contributed by atoms with Crippen LogP contribution in [0.3, 0.4) is 0 Å². The third-order valence-corrected chi connectivity index (χ3v) is 9.96. The molecule has 0 N–H and O–H groups in total. The van der Waals surface area contributed by atoms with Crippen LogP contribution in [-0.4, -0.2) is 14.4 Å². The van der Waals surface area contributed by atoms with Gasteiger partial charge in [0.2, 0.25) is 0 Å². The van der Waals surface area contributed by atoms with Crippen LogP contribution < -0.4 is 0 Å². The van der Waals surface area contributed by atoms with Gasteiger partial charge in [0.15, 0.2) is 8.32 Å². The Morgan fingerprint density at radius 1 is 0.833 bits per heavy atom. The molecule has 138 valence electrons. The number of hydrogen-bond donors (Lipinski definition) is 0. The van der Waals surface area contributed by atoms with Crippen molar-refractivity contribution < 1.29 is 4.43 Å². The molecule has 24 heavy (non-hydrogen) atoms. The van der Waals surface area contributed by atoms with E-state index >= 15 is 0 Å². The second kappa shape index (κ2) is 5.84. The van der Waals surface area contributed by atoms with Crippen molar-refractivity contribution in [2.24, 2.45) is 34.5 Å². The molecule has 0 amide bonds. The zero-order chi connectivity index (χ0) is 17.2. The predicted octanol–water partition coefficient (Wildman–Crippen LogP) is 6.64. The van der Waals surface area contributed by atoms with Crippen molar-refractivity contribution in [1.82, 2.24) is 0 Å². The fourth-order valence-corrected chi connectivity index (χ4v) is 9.03. The van der Waals surface area contributed by atoms with Crippen LogP contribution in [0.15, 0.2) is 0 Å². The van der Waals surface area contributed by atoms with Crippen LogP contribution in [0.2, 0.25) is 19.6 Å². The highest BCUT2D eigenvalue weighted by Crippen LogP contribution is 2.66. The first-order chi connectivity index (χ1) is 11.2. The maximum atomic E-state index is 6.53. The molecule has 0 aromatic carbocycles. The van der Waals surface area contributed by atoms with Crippen molar-refractivity contribution in [3.8, 4) is 0 Å². The van der Waals surface area contributed by atoms with Gasteiger partial charge >= 0.3 is 0 Å². The Labute approximate surface area is 151 Å². The monoisotopic (exact) mass is 348 g/mol. The van der Waals surface area contributed by atoms with Crippen LogP contribution in [-0.2, 0) is 4.43 Å². The second-order valence-electron chi connectivity index (χ2n) is 11.4. The lowest BCUT2D eigenvalue weighted by atomic mass is 9.45. The van der Waals surface area contributed by atoms with Gasteiger partial charge < -0.3 is 4.43 Å². The van der Waals surface area contributed by atoms with E-state index < -0.39 is 8.32 Å². The Kier molecular flexibility index (Phi) is 4.28. The quantitative estimate of drug-likeness (QED) is 0.508. The van der Waals surface area contributed by atoms with E-state index in [4.69, 9.17) is 4.43 Å². The van der Waals surface area contributed by atoms with Gasteiger partial charge in [0.1, 0.15) is 0 Å². The van der Waals surface area contributed by atoms with E-state index in [1.807, 2.05) is 0 Å². The lowest BCUT2D eigenvalue weighted by molar-refractivity contribution is -0.118. The Morgan fingerprint density at radius 3 is 2.38 bits per heavy atom. The lowest BCUT2D eigenvalue weighted by Crippen LogP contribution is -2.53. The average molecular weight is 349 g/mol. The molecule has 0 aromatic rings. The summed E-state index contributed by atoms with van der Waals surface area (Å²) in [5.41, 5.74) is 1.34. The van der Waals surface area contributed by atoms with Gasteiger partial charge in [-0.1, -0.05) is 20.3 Å². The second-order valence-corrected chi connectivity index (χ2v) is 15.8. The van der Waals surface area contributed by atoms with E-state index in [2.05, 4.69) is 33.5 Å². The molecule has 7 atom stereocenters. The first-order valence-electron chi connectivity index (χ1n) is 10.9. The van der Waals surface area contributed by atoms with E-state index in [1.165, 1.54) is 57.8 Å². The molecule has 1 nitrogen and oxygen atoms in total. The molecule has 0 spiro atoms. The van der Waals surface area contributed by atoms with Crippen LogP contribution in [0.1, 0.15) is 78.1 Å². The topological polar surface area (TPSA) is 9.23 Å². The Morgan fingerprint density at radius 2 is 1.62 bits per heavy atom. The Hall–Kier alpha value is 0.177. The molecule has 4 fully saturated rings. The lowest BCUT2D eigenvalue weighted by Gasteiger charge is -2.60. The zero-order valence-corrected chi connectivity index (χ0v) is 17.9. The average Bonchev–Trinajstić information content (AvgIpc) is 2.88. The van der Waals surface area contributed by atoms with Gasteiger partial charge in [-0.25, -0.2) is 0 Å². The van der Waals surface area contributed by atoms with Crippen molar-refractivity contribution in [3.05, 3.63) is 0 Å². The molecule has 0 aliphatic heterocycles. The summed E-state index contributed by atoms with van der Waals surface area (Å²) < 4.78 is 6.53. The fraction of sp³-hybridized carbons (Fsp3) is 1.00. The van der Waals surface area contributed by atoms with Crippen molar-refractivity contribution in [2.45, 2.75) is 104 Å². The van der Waals surface area contributed by atoms with Gasteiger partial charge in [-0.15, -0.1) is 0 Å². The van der Waals surface area contributed by atoms with E-state index in [9.17, 15) is 0 Å². The standard InChI is InChI=1S/C22H40OSi/c1-21-12-6-7-19(21)18-9-8-16-15-17(23-24(3,4)5)10-14-22(16,2)20(18)11-13-21/h16-20H,6-15H2,1-5H3/t16-,17+,18+,19+,20+,21+,22+/m1/s1. The summed E-state index contributed by atoms with van der Waals surface area (Å²) in [4.78, 5) is 0. The molecule has 0 saturated heterocycles. The van der Waals surface area contributed by atoms with E-state index in [1.54, 1.807) is 6.42 Å². The highest BCUT2D eigenvalue weighted by atomic mass is 28.4. The van der Waals surface area contributed by atoms with Gasteiger partial charge in [-0.05, 0) is 112 Å². The normalized spacial score (nSPS) is 51.6. The predicted molar refractivity (Wildman–Crippen MR) is 105 cm³/mol. The van der Waals surface area contributed by atoms with Gasteiger partial charge in [0.25, 0.3) is 0 Å². The zero-order valence-electron chi connectivity index (χ0n) is 16.9. The molecule has 0 bridgehead atoms. The molecular weight excluding hydrogens is 308 g/mol. The summed E-state index contributed by atoms with van der Waals surface area (Å²) in [6.45, 7) is 12.4. The van der Waals surface area contributed by atoms with E-state index in [0.717, 1.165) is 23.7 Å². The van der Waals surface area contributed by atoms with E-state index in [0.29, 0.717) is 16.9 Å². The molecule has 4 aliphatic rings. The minimum absolute atomic E-state index is 0.576. The van der Waals surface area contributed by atoms with Crippen molar-refractivity contribution >= 4 is 8.32 Å². The maximum Gasteiger partial charge on any atom is 0.184 e. The molecule has 4 rings (SSSR count). The van der Waals surface area contributed by atoms with Crippen molar-refractivity contribution in [2.75, 3.05) is 0 Å². The third kappa shape index (κ3) is 2.84. The smallest absolute Gasteiger partial charge is 0.184 e. The maximum absolute atomic E-state index is 6.53. The van der Waals surface area contributed by atoms with Crippen molar-refractivity contribution in [3.63, 3.8) is 0 Å². The van der Waals surface area contributed by atoms with E-state index in [-0.39, 0.29) is 0 Å². The number of rotatable bonds is 2. The summed E-state index contributed by atoms with van der Waals surface area (Å²) in [5.74, 6) is 4.09. The van der Waals surface area contributed by atoms with Gasteiger partial charge in [0, 0.05) is 6.10 Å². The molecule has 0 unspecified atom stereocenters. The first-order valence-corrected chi connectivity index (χ1v) is 14.3. The molecule has 4 aliphatic carbocycles. The summed E-state index contributed by atoms with van der Waals surface area (Å²) in [7, 11) is -1.39. The van der Waals surface area contributed by atoms with Crippen LogP contribution in [0, 0.1) is 34.5 Å². The summed E-state index contributed by atoms with van der Waals surface area (Å²) in [6, 6.07) is 0. The molecule has 4 saturated carbocycles. The highest BCUT2D eigenvalue weighted by molar-refractivity contribution is 6.69. The Bertz CT molecular complexity index is 483. The summed E-state index contributed by atoms with van der Waals surface area (Å²) in [5, 5.41) is 0. The molecular formula is C22H40OSi. The Balaban J connectivity index is 1.50. The van der Waals surface area contributed by atoms with Gasteiger partial charge in [0.05, 0.1) is 0 Å². The summed E-state index contributed by atoms with van der Waals surface area (Å²) in [6.07, 6.45) is 15.4. The largest absolute Gasteiger partial charge is 0.415 e. The van der Waals surface area contributed by atoms with Crippen LogP contribution in [0.25, 0.3) is 0 Å². The minimum atomic E-state index is -1.39. The fourth-order valence-electron chi connectivity index (χ4n) is 7.82. The first kappa shape index (κ1) is 17.6.